The number of aliphatic hydroxyl groups excluding tert-OH is 2. The Morgan fingerprint density at radius 1 is 1.33 bits per heavy atom. The number of halogens is 1. The number of aliphatic hydroxyl groups is 2. The van der Waals surface area contributed by atoms with Crippen LogP contribution in [0.3, 0.4) is 0 Å². The van der Waals surface area contributed by atoms with Crippen LogP contribution in [0.15, 0.2) is 34.9 Å². The molecule has 80 valence electrons. The van der Waals surface area contributed by atoms with Crippen molar-refractivity contribution in [1.82, 2.24) is 4.57 Å². The maximum Gasteiger partial charge on any atom is 0.0949 e. The number of hydrogen-bond donors (Lipinski definition) is 2. The number of fused-ring (bicyclic) bond motifs is 1. The first kappa shape index (κ1) is 10.7. The molecule has 0 saturated heterocycles. The van der Waals surface area contributed by atoms with E-state index in [1.165, 1.54) is 0 Å². The molecule has 3 nitrogen and oxygen atoms in total. The van der Waals surface area contributed by atoms with Crippen molar-refractivity contribution in [2.45, 2.75) is 12.6 Å². The molecule has 0 amide bonds. The Hall–Kier alpha value is -0.840. The van der Waals surface area contributed by atoms with Crippen LogP contribution in [0, 0.1) is 0 Å². The lowest BCUT2D eigenvalue weighted by Crippen LogP contribution is -2.19. The fourth-order valence-electron chi connectivity index (χ4n) is 1.60. The fourth-order valence-corrected chi connectivity index (χ4v) is 1.95. The van der Waals surface area contributed by atoms with Crippen LogP contribution in [0.5, 0.6) is 0 Å². The second-order valence-corrected chi connectivity index (χ2v) is 4.42. The third-order valence-corrected chi connectivity index (χ3v) is 2.85. The summed E-state index contributed by atoms with van der Waals surface area (Å²) in [5.74, 6) is 0. The molecule has 2 rings (SSSR count). The van der Waals surface area contributed by atoms with Crippen LogP contribution in [0.4, 0.5) is 0 Å². The van der Waals surface area contributed by atoms with Gasteiger partial charge in [-0.15, -0.1) is 0 Å². The number of benzene rings is 1. The minimum Gasteiger partial charge on any atom is -0.394 e. The summed E-state index contributed by atoms with van der Waals surface area (Å²) in [4.78, 5) is 0. The normalized spacial score (nSPS) is 13.3. The van der Waals surface area contributed by atoms with Crippen molar-refractivity contribution in [2.24, 2.45) is 0 Å². The van der Waals surface area contributed by atoms with E-state index in [0.29, 0.717) is 6.54 Å². The fraction of sp³-hybridized carbons (Fsp3) is 0.273. The van der Waals surface area contributed by atoms with Crippen molar-refractivity contribution in [2.75, 3.05) is 6.61 Å². The minimum atomic E-state index is -0.709. The lowest BCUT2D eigenvalue weighted by molar-refractivity contribution is 0.0822. The minimum absolute atomic E-state index is 0.215. The molecule has 0 saturated carbocycles. The topological polar surface area (TPSA) is 45.4 Å². The van der Waals surface area contributed by atoms with Gasteiger partial charge in [-0.25, -0.2) is 0 Å². The molecule has 1 aromatic carbocycles. The second-order valence-electron chi connectivity index (χ2n) is 3.51. The third-order valence-electron chi connectivity index (χ3n) is 2.35. The maximum atomic E-state index is 9.38. The molecule has 2 aromatic rings. The molecular weight excluding hydrogens is 258 g/mol. The highest BCUT2D eigenvalue weighted by Gasteiger charge is 2.06. The van der Waals surface area contributed by atoms with E-state index in [4.69, 9.17) is 5.11 Å². The predicted molar refractivity (Wildman–Crippen MR) is 62.7 cm³/mol. The average Bonchev–Trinajstić information content (AvgIpc) is 2.61. The largest absolute Gasteiger partial charge is 0.394 e. The Balaban J connectivity index is 2.39. The molecule has 1 aromatic heterocycles. The highest BCUT2D eigenvalue weighted by molar-refractivity contribution is 9.10. The van der Waals surface area contributed by atoms with Gasteiger partial charge < -0.3 is 14.8 Å². The summed E-state index contributed by atoms with van der Waals surface area (Å²) in [6, 6.07) is 7.99. The van der Waals surface area contributed by atoms with Gasteiger partial charge in [-0.2, -0.15) is 0 Å². The van der Waals surface area contributed by atoms with Crippen LogP contribution in [-0.4, -0.2) is 27.5 Å². The van der Waals surface area contributed by atoms with Crippen LogP contribution in [0.1, 0.15) is 0 Å². The molecular formula is C11H12BrNO2. The van der Waals surface area contributed by atoms with E-state index in [1.807, 2.05) is 35.0 Å². The first-order valence-corrected chi connectivity index (χ1v) is 5.53. The first-order valence-electron chi connectivity index (χ1n) is 4.74. The zero-order valence-corrected chi connectivity index (χ0v) is 9.68. The molecule has 2 N–H and O–H groups in total. The summed E-state index contributed by atoms with van der Waals surface area (Å²) in [6.45, 7) is 0.199. The molecule has 1 atom stereocenters. The van der Waals surface area contributed by atoms with E-state index in [-0.39, 0.29) is 6.61 Å². The number of rotatable bonds is 3. The lowest BCUT2D eigenvalue weighted by Gasteiger charge is -2.09. The molecule has 0 aliphatic rings. The van der Waals surface area contributed by atoms with Crippen LogP contribution in [-0.2, 0) is 6.54 Å². The molecule has 0 bridgehead atoms. The number of nitrogens with zero attached hydrogens (tertiary/aromatic N) is 1. The van der Waals surface area contributed by atoms with Gasteiger partial charge >= 0.3 is 0 Å². The first-order chi connectivity index (χ1) is 7.20. The number of hydrogen-bond acceptors (Lipinski definition) is 2. The Kier molecular flexibility index (Phi) is 3.09. The Morgan fingerprint density at radius 2 is 2.13 bits per heavy atom. The second kappa shape index (κ2) is 4.35. The summed E-state index contributed by atoms with van der Waals surface area (Å²) < 4.78 is 2.94. The predicted octanol–water partition coefficient (Wildman–Crippen LogP) is 1.76. The van der Waals surface area contributed by atoms with E-state index >= 15 is 0 Å². The molecule has 1 heterocycles. The van der Waals surface area contributed by atoms with Gasteiger partial charge in [0.2, 0.25) is 0 Å². The zero-order chi connectivity index (χ0) is 10.8. The molecule has 1 unspecified atom stereocenters. The highest BCUT2D eigenvalue weighted by atomic mass is 79.9. The van der Waals surface area contributed by atoms with E-state index in [2.05, 4.69) is 15.9 Å². The summed E-state index contributed by atoms with van der Waals surface area (Å²) in [6.07, 6.45) is 1.20. The van der Waals surface area contributed by atoms with E-state index in [0.717, 1.165) is 15.4 Å². The van der Waals surface area contributed by atoms with Gasteiger partial charge in [-0.3, -0.25) is 0 Å². The standard InChI is InChI=1S/C11H12BrNO2/c12-9-2-1-8-3-4-13(11(8)5-9)6-10(15)7-14/h1-5,10,14-15H,6-7H2. The summed E-state index contributed by atoms with van der Waals surface area (Å²) in [5, 5.41) is 19.3. The van der Waals surface area contributed by atoms with Crippen molar-refractivity contribution < 1.29 is 10.2 Å². The smallest absolute Gasteiger partial charge is 0.0949 e. The molecule has 0 aliphatic heterocycles. The molecule has 0 fully saturated rings. The molecule has 0 aliphatic carbocycles. The van der Waals surface area contributed by atoms with E-state index in [1.54, 1.807) is 0 Å². The summed E-state index contributed by atoms with van der Waals surface area (Å²) in [5.41, 5.74) is 1.05. The Morgan fingerprint density at radius 3 is 2.87 bits per heavy atom. The quantitative estimate of drug-likeness (QED) is 0.892. The van der Waals surface area contributed by atoms with Gasteiger partial charge in [0.05, 0.1) is 19.3 Å². The van der Waals surface area contributed by atoms with Gasteiger partial charge in [0.1, 0.15) is 0 Å². The van der Waals surface area contributed by atoms with Crippen LogP contribution in [0.25, 0.3) is 10.9 Å². The number of aromatic nitrogens is 1. The van der Waals surface area contributed by atoms with Crippen molar-refractivity contribution in [3.63, 3.8) is 0 Å². The maximum absolute atomic E-state index is 9.38. The zero-order valence-electron chi connectivity index (χ0n) is 8.10. The molecule has 0 radical (unpaired) electrons. The molecule has 15 heavy (non-hydrogen) atoms. The van der Waals surface area contributed by atoms with E-state index in [9.17, 15) is 5.11 Å². The summed E-state index contributed by atoms with van der Waals surface area (Å²) in [7, 11) is 0. The van der Waals surface area contributed by atoms with Gasteiger partial charge in [-0.05, 0) is 23.6 Å². The Bertz CT molecular complexity index is 467. The SMILES string of the molecule is OCC(O)Cn1ccc2ccc(Br)cc21. The van der Waals surface area contributed by atoms with Crippen LogP contribution in [0.2, 0.25) is 0 Å². The van der Waals surface area contributed by atoms with Gasteiger partial charge in [-0.1, -0.05) is 22.0 Å². The van der Waals surface area contributed by atoms with Gasteiger partial charge in [0, 0.05) is 16.2 Å². The van der Waals surface area contributed by atoms with Crippen molar-refractivity contribution in [3.8, 4) is 0 Å². The highest BCUT2D eigenvalue weighted by Crippen LogP contribution is 2.21. The van der Waals surface area contributed by atoms with Crippen LogP contribution >= 0.6 is 15.9 Å². The summed E-state index contributed by atoms with van der Waals surface area (Å²) >= 11 is 3.41. The lowest BCUT2D eigenvalue weighted by atomic mass is 10.2. The van der Waals surface area contributed by atoms with E-state index < -0.39 is 6.10 Å². The van der Waals surface area contributed by atoms with Crippen molar-refractivity contribution in [3.05, 3.63) is 34.9 Å². The van der Waals surface area contributed by atoms with Crippen molar-refractivity contribution >= 4 is 26.8 Å². The molecule has 4 heteroatoms. The van der Waals surface area contributed by atoms with Crippen molar-refractivity contribution in [1.29, 1.82) is 0 Å². The molecule has 0 spiro atoms. The van der Waals surface area contributed by atoms with Crippen LogP contribution < -0.4 is 0 Å². The Labute approximate surface area is 96.1 Å². The van der Waals surface area contributed by atoms with Gasteiger partial charge in [0.15, 0.2) is 0 Å². The van der Waals surface area contributed by atoms with Gasteiger partial charge in [0.25, 0.3) is 0 Å². The average molecular weight is 270 g/mol. The third kappa shape index (κ3) is 2.22. The monoisotopic (exact) mass is 269 g/mol.